The maximum absolute atomic E-state index is 12.2. The molecule has 5 heteroatoms. The lowest BCUT2D eigenvalue weighted by Crippen LogP contribution is -2.47. The second-order valence-corrected chi connectivity index (χ2v) is 5.84. The minimum Gasteiger partial charge on any atom is -0.485 e. The average molecular weight is 290 g/mol. The van der Waals surface area contributed by atoms with Crippen molar-refractivity contribution in [3.05, 3.63) is 24.3 Å². The Morgan fingerprint density at radius 3 is 3.00 bits per heavy atom. The van der Waals surface area contributed by atoms with Crippen LogP contribution in [0.5, 0.6) is 11.5 Å². The van der Waals surface area contributed by atoms with Gasteiger partial charge in [0.05, 0.1) is 0 Å². The second-order valence-electron chi connectivity index (χ2n) is 5.84. The first-order valence-electron chi connectivity index (χ1n) is 7.61. The van der Waals surface area contributed by atoms with Crippen molar-refractivity contribution in [1.82, 2.24) is 10.6 Å². The third-order valence-corrected chi connectivity index (χ3v) is 4.30. The number of para-hydroxylation sites is 2. The van der Waals surface area contributed by atoms with E-state index in [0.29, 0.717) is 29.9 Å². The third-order valence-electron chi connectivity index (χ3n) is 4.30. The summed E-state index contributed by atoms with van der Waals surface area (Å²) in [5, 5.41) is 6.38. The molecule has 0 aromatic heterocycles. The number of hydrogen-bond donors (Lipinski definition) is 2. The molecule has 0 saturated carbocycles. The number of fused-ring (bicyclic) bond motifs is 1. The van der Waals surface area contributed by atoms with Gasteiger partial charge in [0, 0.05) is 6.54 Å². The fraction of sp³-hybridized carbons (Fsp3) is 0.562. The summed E-state index contributed by atoms with van der Waals surface area (Å²) in [6.07, 6.45) is 0.545. The molecule has 1 saturated heterocycles. The molecule has 0 radical (unpaired) electrons. The van der Waals surface area contributed by atoms with Crippen LogP contribution in [0.25, 0.3) is 0 Å². The number of amides is 1. The Hall–Kier alpha value is -1.75. The molecule has 5 nitrogen and oxygen atoms in total. The number of carbonyl (C=O) groups is 1. The summed E-state index contributed by atoms with van der Waals surface area (Å²) in [7, 11) is 0. The smallest absolute Gasteiger partial charge is 0.264 e. The summed E-state index contributed by atoms with van der Waals surface area (Å²) in [6.45, 7) is 5.26. The molecule has 1 aromatic carbocycles. The molecule has 1 amide bonds. The summed E-state index contributed by atoms with van der Waals surface area (Å²) in [6, 6.07) is 7.43. The molecule has 114 valence electrons. The van der Waals surface area contributed by atoms with Crippen LogP contribution in [0.3, 0.4) is 0 Å². The molecule has 1 aromatic rings. The Labute approximate surface area is 125 Å². The van der Waals surface area contributed by atoms with Gasteiger partial charge in [0.25, 0.3) is 5.91 Å². The maximum atomic E-state index is 12.2. The van der Waals surface area contributed by atoms with E-state index in [2.05, 4.69) is 17.6 Å². The standard InChI is InChI=1S/C16H22N2O3/c1-11-8-17-7-6-12(11)9-18-16(19)15-10-20-13-4-2-3-5-14(13)21-15/h2-5,11-12,15,17H,6-10H2,1H3,(H,18,19). The number of nitrogens with one attached hydrogen (secondary N) is 2. The van der Waals surface area contributed by atoms with Gasteiger partial charge in [-0.05, 0) is 43.5 Å². The molecular weight excluding hydrogens is 268 g/mol. The van der Waals surface area contributed by atoms with Gasteiger partial charge in [-0.3, -0.25) is 4.79 Å². The van der Waals surface area contributed by atoms with E-state index in [1.54, 1.807) is 0 Å². The van der Waals surface area contributed by atoms with Crippen LogP contribution in [0.1, 0.15) is 13.3 Å². The highest BCUT2D eigenvalue weighted by Crippen LogP contribution is 2.30. The summed E-state index contributed by atoms with van der Waals surface area (Å²) < 4.78 is 11.3. The van der Waals surface area contributed by atoms with Crippen LogP contribution >= 0.6 is 0 Å². The van der Waals surface area contributed by atoms with Gasteiger partial charge in [0.2, 0.25) is 6.10 Å². The number of ether oxygens (including phenoxy) is 2. The topological polar surface area (TPSA) is 59.6 Å². The largest absolute Gasteiger partial charge is 0.485 e. The number of benzene rings is 1. The predicted octanol–water partition coefficient (Wildman–Crippen LogP) is 1.19. The van der Waals surface area contributed by atoms with Crippen LogP contribution in [-0.4, -0.2) is 38.3 Å². The Balaban J connectivity index is 1.52. The zero-order valence-electron chi connectivity index (χ0n) is 12.3. The predicted molar refractivity (Wildman–Crippen MR) is 79.5 cm³/mol. The van der Waals surface area contributed by atoms with Crippen molar-refractivity contribution in [2.24, 2.45) is 11.8 Å². The molecule has 21 heavy (non-hydrogen) atoms. The monoisotopic (exact) mass is 290 g/mol. The molecule has 0 bridgehead atoms. The average Bonchev–Trinajstić information content (AvgIpc) is 2.53. The maximum Gasteiger partial charge on any atom is 0.264 e. The lowest BCUT2D eigenvalue weighted by Gasteiger charge is -2.31. The summed E-state index contributed by atoms with van der Waals surface area (Å²) in [5.74, 6) is 2.37. The molecule has 2 aliphatic rings. The van der Waals surface area contributed by atoms with E-state index in [4.69, 9.17) is 9.47 Å². The Kier molecular flexibility index (Phi) is 4.29. The van der Waals surface area contributed by atoms with Crippen LogP contribution in [0.4, 0.5) is 0 Å². The van der Waals surface area contributed by atoms with E-state index in [0.717, 1.165) is 19.5 Å². The first-order chi connectivity index (χ1) is 10.2. The van der Waals surface area contributed by atoms with Gasteiger partial charge >= 0.3 is 0 Å². The molecular formula is C16H22N2O3. The first-order valence-corrected chi connectivity index (χ1v) is 7.61. The van der Waals surface area contributed by atoms with Crippen LogP contribution in [0.2, 0.25) is 0 Å². The Bertz CT molecular complexity index is 506. The van der Waals surface area contributed by atoms with Gasteiger partial charge in [-0.25, -0.2) is 0 Å². The normalized spacial score (nSPS) is 28.0. The third kappa shape index (κ3) is 3.29. The van der Waals surface area contributed by atoms with Gasteiger partial charge in [-0.1, -0.05) is 19.1 Å². The zero-order chi connectivity index (χ0) is 14.7. The molecule has 2 N–H and O–H groups in total. The van der Waals surface area contributed by atoms with E-state index in [9.17, 15) is 4.79 Å². The minimum atomic E-state index is -0.558. The van der Waals surface area contributed by atoms with E-state index in [1.807, 2.05) is 24.3 Å². The van der Waals surface area contributed by atoms with Crippen molar-refractivity contribution >= 4 is 5.91 Å². The Morgan fingerprint density at radius 2 is 2.19 bits per heavy atom. The summed E-state index contributed by atoms with van der Waals surface area (Å²) in [5.41, 5.74) is 0. The molecule has 0 spiro atoms. The van der Waals surface area contributed by atoms with Crippen molar-refractivity contribution < 1.29 is 14.3 Å². The van der Waals surface area contributed by atoms with E-state index < -0.39 is 6.10 Å². The van der Waals surface area contributed by atoms with E-state index in [1.165, 1.54) is 0 Å². The highest BCUT2D eigenvalue weighted by atomic mass is 16.6. The van der Waals surface area contributed by atoms with Crippen LogP contribution in [0, 0.1) is 11.8 Å². The van der Waals surface area contributed by atoms with Gasteiger partial charge in [-0.15, -0.1) is 0 Å². The zero-order valence-corrected chi connectivity index (χ0v) is 12.3. The van der Waals surface area contributed by atoms with E-state index >= 15 is 0 Å². The SMILES string of the molecule is CC1CNCCC1CNC(=O)C1COc2ccccc2O1. The number of rotatable bonds is 3. The summed E-state index contributed by atoms with van der Waals surface area (Å²) >= 11 is 0. The molecule has 3 atom stereocenters. The van der Waals surface area contributed by atoms with Crippen LogP contribution < -0.4 is 20.1 Å². The molecule has 2 heterocycles. The number of hydrogen-bond acceptors (Lipinski definition) is 4. The van der Waals surface area contributed by atoms with Gasteiger partial charge in [0.1, 0.15) is 6.61 Å². The number of carbonyl (C=O) groups excluding carboxylic acids is 1. The van der Waals surface area contributed by atoms with Crippen LogP contribution in [0.15, 0.2) is 24.3 Å². The van der Waals surface area contributed by atoms with E-state index in [-0.39, 0.29) is 12.5 Å². The Morgan fingerprint density at radius 1 is 1.38 bits per heavy atom. The molecule has 3 rings (SSSR count). The summed E-state index contributed by atoms with van der Waals surface area (Å²) in [4.78, 5) is 12.2. The van der Waals surface area contributed by atoms with Gasteiger partial charge in [-0.2, -0.15) is 0 Å². The van der Waals surface area contributed by atoms with Gasteiger partial charge in [0.15, 0.2) is 11.5 Å². The van der Waals surface area contributed by atoms with Gasteiger partial charge < -0.3 is 20.1 Å². The quantitative estimate of drug-likeness (QED) is 0.878. The van der Waals surface area contributed by atoms with Crippen molar-refractivity contribution in [1.29, 1.82) is 0 Å². The second kappa shape index (κ2) is 6.35. The van der Waals surface area contributed by atoms with Crippen molar-refractivity contribution in [3.63, 3.8) is 0 Å². The first kappa shape index (κ1) is 14.2. The number of piperidine rings is 1. The minimum absolute atomic E-state index is 0.0877. The van der Waals surface area contributed by atoms with Crippen LogP contribution in [-0.2, 0) is 4.79 Å². The van der Waals surface area contributed by atoms with Crippen molar-refractivity contribution in [2.45, 2.75) is 19.4 Å². The van der Waals surface area contributed by atoms with Crippen molar-refractivity contribution in [3.8, 4) is 11.5 Å². The lowest BCUT2D eigenvalue weighted by atomic mass is 9.88. The fourth-order valence-electron chi connectivity index (χ4n) is 2.87. The molecule has 0 aliphatic carbocycles. The fourth-order valence-corrected chi connectivity index (χ4v) is 2.87. The highest BCUT2D eigenvalue weighted by molar-refractivity contribution is 5.81. The molecule has 3 unspecified atom stereocenters. The molecule has 1 fully saturated rings. The lowest BCUT2D eigenvalue weighted by molar-refractivity contribution is -0.130. The molecule has 2 aliphatic heterocycles. The highest BCUT2D eigenvalue weighted by Gasteiger charge is 2.28. The van der Waals surface area contributed by atoms with Crippen molar-refractivity contribution in [2.75, 3.05) is 26.2 Å².